The number of rotatable bonds is 4. The number of hydrogen-bond donors (Lipinski definition) is 0. The maximum atomic E-state index is 9.67. The summed E-state index contributed by atoms with van der Waals surface area (Å²) in [6.45, 7) is 6.49. The Labute approximate surface area is 159 Å². The van der Waals surface area contributed by atoms with Crippen molar-refractivity contribution in [3.05, 3.63) is 0 Å². The molecule has 26 heavy (non-hydrogen) atoms. The minimum Gasteiger partial charge on any atom is -0.382 e. The van der Waals surface area contributed by atoms with E-state index in [0.717, 1.165) is 36.7 Å². The predicted octanol–water partition coefficient (Wildman–Crippen LogP) is 5.20. The maximum absolute atomic E-state index is 9.67. The Morgan fingerprint density at radius 1 is 0.923 bits per heavy atom. The Hall–Kier alpha value is -0.590. The van der Waals surface area contributed by atoms with Crippen molar-refractivity contribution in [1.82, 2.24) is 0 Å². The first kappa shape index (κ1) is 18.8. The molecule has 0 N–H and O–H groups in total. The molecule has 0 aromatic carbocycles. The second-order valence-corrected chi connectivity index (χ2v) is 10.2. The van der Waals surface area contributed by atoms with E-state index in [1.165, 1.54) is 51.4 Å². The van der Waals surface area contributed by atoms with Crippen molar-refractivity contribution in [2.45, 2.75) is 77.7 Å². The third-order valence-corrected chi connectivity index (χ3v) is 9.37. The van der Waals surface area contributed by atoms with Crippen molar-refractivity contribution in [2.24, 2.45) is 40.4 Å². The lowest BCUT2D eigenvalue weighted by Gasteiger charge is -2.61. The van der Waals surface area contributed by atoms with E-state index in [-0.39, 0.29) is 0 Å². The van der Waals surface area contributed by atoms with Gasteiger partial charge in [-0.3, -0.25) is 0 Å². The molecular formula is C23H37NO2. The van der Waals surface area contributed by atoms with Crippen LogP contribution in [0.4, 0.5) is 0 Å². The van der Waals surface area contributed by atoms with Gasteiger partial charge >= 0.3 is 0 Å². The lowest BCUT2D eigenvalue weighted by atomic mass is 9.44. The molecule has 3 nitrogen and oxygen atoms in total. The van der Waals surface area contributed by atoms with Crippen LogP contribution in [0.15, 0.2) is 0 Å². The highest BCUT2D eigenvalue weighted by molar-refractivity contribution is 5.12. The minimum atomic E-state index is 0.294. The predicted molar refractivity (Wildman–Crippen MR) is 102 cm³/mol. The summed E-state index contributed by atoms with van der Waals surface area (Å²) in [4.78, 5) is 0. The van der Waals surface area contributed by atoms with E-state index in [4.69, 9.17) is 9.47 Å². The highest BCUT2D eigenvalue weighted by Crippen LogP contribution is 2.67. The van der Waals surface area contributed by atoms with Crippen LogP contribution in [-0.2, 0) is 9.47 Å². The first-order valence-electron chi connectivity index (χ1n) is 11.0. The number of nitriles is 1. The fourth-order valence-corrected chi connectivity index (χ4v) is 7.96. The molecule has 0 heterocycles. The van der Waals surface area contributed by atoms with Crippen LogP contribution in [0.1, 0.15) is 71.6 Å². The number of fused-ring (bicyclic) bond motifs is 5. The van der Waals surface area contributed by atoms with Crippen molar-refractivity contribution in [3.8, 4) is 6.07 Å². The van der Waals surface area contributed by atoms with Gasteiger partial charge in [0.1, 0.15) is 0 Å². The molecule has 0 spiro atoms. The van der Waals surface area contributed by atoms with Gasteiger partial charge in [-0.25, -0.2) is 0 Å². The van der Waals surface area contributed by atoms with Crippen molar-refractivity contribution < 1.29 is 9.47 Å². The van der Waals surface area contributed by atoms with Crippen LogP contribution in [0.2, 0.25) is 0 Å². The number of nitrogens with zero attached hydrogens (tertiary/aromatic N) is 1. The van der Waals surface area contributed by atoms with Crippen LogP contribution >= 0.6 is 0 Å². The summed E-state index contributed by atoms with van der Waals surface area (Å²) in [5.41, 5.74) is 0.743. The second kappa shape index (κ2) is 7.10. The Kier molecular flexibility index (Phi) is 5.12. The number of methoxy groups -OCH3 is 1. The van der Waals surface area contributed by atoms with Crippen molar-refractivity contribution >= 4 is 0 Å². The molecule has 146 valence electrons. The molecule has 4 aliphatic carbocycles. The molecule has 3 heteroatoms. The summed E-state index contributed by atoms with van der Waals surface area (Å²) < 4.78 is 11.4. The molecule has 4 aliphatic rings. The molecule has 0 amide bonds. The first-order chi connectivity index (χ1) is 12.5. The standard InChI is InChI=1S/C23H37NO2/c1-22-11-10-21-19(20(22)9-6-17(22)15-24)8-5-16-4-7-18(14-23(16,21)2)26-13-12-25-3/h16-21H,4-14H2,1-3H3. The van der Waals surface area contributed by atoms with Crippen LogP contribution in [-0.4, -0.2) is 26.4 Å². The van der Waals surface area contributed by atoms with E-state index in [0.29, 0.717) is 29.5 Å². The smallest absolute Gasteiger partial charge is 0.0704 e. The lowest BCUT2D eigenvalue weighted by Crippen LogP contribution is -2.54. The Bertz CT molecular complexity index is 555. The molecule has 0 aliphatic heterocycles. The van der Waals surface area contributed by atoms with Gasteiger partial charge in [0, 0.05) is 7.11 Å². The van der Waals surface area contributed by atoms with Gasteiger partial charge in [-0.15, -0.1) is 0 Å². The zero-order chi connectivity index (χ0) is 18.4. The van der Waals surface area contributed by atoms with E-state index in [9.17, 15) is 5.26 Å². The van der Waals surface area contributed by atoms with E-state index in [2.05, 4.69) is 19.9 Å². The van der Waals surface area contributed by atoms with Crippen LogP contribution < -0.4 is 0 Å². The summed E-state index contributed by atoms with van der Waals surface area (Å²) in [6, 6.07) is 2.67. The SMILES string of the molecule is COCCOC1CCC2CCC3C4CCC(C#N)C4(C)CCC3C2(C)C1. The van der Waals surface area contributed by atoms with Crippen LogP contribution in [0.3, 0.4) is 0 Å². The molecule has 4 fully saturated rings. The lowest BCUT2D eigenvalue weighted by molar-refractivity contribution is -0.139. The molecule has 8 atom stereocenters. The summed E-state index contributed by atoms with van der Waals surface area (Å²) >= 11 is 0. The molecule has 0 aromatic rings. The van der Waals surface area contributed by atoms with Crippen molar-refractivity contribution in [2.75, 3.05) is 20.3 Å². The third-order valence-electron chi connectivity index (χ3n) is 9.37. The highest BCUT2D eigenvalue weighted by Gasteiger charge is 2.60. The number of ether oxygens (including phenoxy) is 2. The molecule has 0 radical (unpaired) electrons. The molecule has 0 aromatic heterocycles. The van der Waals surface area contributed by atoms with E-state index < -0.39 is 0 Å². The highest BCUT2D eigenvalue weighted by atomic mass is 16.5. The van der Waals surface area contributed by atoms with Gasteiger partial charge in [0.05, 0.1) is 31.3 Å². The van der Waals surface area contributed by atoms with E-state index in [1.54, 1.807) is 7.11 Å². The van der Waals surface area contributed by atoms with Gasteiger partial charge in [-0.1, -0.05) is 13.8 Å². The minimum absolute atomic E-state index is 0.294. The fraction of sp³-hybridized carbons (Fsp3) is 0.957. The van der Waals surface area contributed by atoms with Gasteiger partial charge < -0.3 is 9.47 Å². The van der Waals surface area contributed by atoms with Crippen LogP contribution in [0, 0.1) is 51.8 Å². The first-order valence-corrected chi connectivity index (χ1v) is 11.0. The van der Waals surface area contributed by atoms with Gasteiger partial charge in [0.15, 0.2) is 0 Å². The normalized spacial score (nSPS) is 50.4. The van der Waals surface area contributed by atoms with Crippen LogP contribution in [0.25, 0.3) is 0 Å². The summed E-state index contributed by atoms with van der Waals surface area (Å²) in [5.74, 6) is 3.69. The Morgan fingerprint density at radius 2 is 1.69 bits per heavy atom. The second-order valence-electron chi connectivity index (χ2n) is 10.2. The van der Waals surface area contributed by atoms with E-state index >= 15 is 0 Å². The van der Waals surface area contributed by atoms with Gasteiger partial charge in [0.25, 0.3) is 0 Å². The third kappa shape index (κ3) is 2.83. The van der Waals surface area contributed by atoms with Gasteiger partial charge in [0.2, 0.25) is 0 Å². The molecule has 8 unspecified atom stereocenters. The van der Waals surface area contributed by atoms with E-state index in [1.807, 2.05) is 0 Å². The molecule has 0 saturated heterocycles. The zero-order valence-corrected chi connectivity index (χ0v) is 17.0. The van der Waals surface area contributed by atoms with Crippen LogP contribution in [0.5, 0.6) is 0 Å². The average molecular weight is 360 g/mol. The van der Waals surface area contributed by atoms with Crippen molar-refractivity contribution in [3.63, 3.8) is 0 Å². The van der Waals surface area contributed by atoms with Crippen molar-refractivity contribution in [1.29, 1.82) is 5.26 Å². The quantitative estimate of drug-likeness (QED) is 0.648. The molecule has 4 rings (SSSR count). The zero-order valence-electron chi connectivity index (χ0n) is 17.0. The largest absolute Gasteiger partial charge is 0.382 e. The Balaban J connectivity index is 1.51. The number of hydrogen-bond acceptors (Lipinski definition) is 3. The molecule has 4 saturated carbocycles. The summed E-state index contributed by atoms with van der Waals surface area (Å²) in [7, 11) is 1.75. The Morgan fingerprint density at radius 3 is 2.46 bits per heavy atom. The molecular weight excluding hydrogens is 322 g/mol. The average Bonchev–Trinajstić information content (AvgIpc) is 2.97. The van der Waals surface area contributed by atoms with Gasteiger partial charge in [-0.2, -0.15) is 5.26 Å². The monoisotopic (exact) mass is 359 g/mol. The molecule has 0 bridgehead atoms. The topological polar surface area (TPSA) is 42.2 Å². The fourth-order valence-electron chi connectivity index (χ4n) is 7.96. The maximum Gasteiger partial charge on any atom is 0.0704 e. The summed E-state index contributed by atoms with van der Waals surface area (Å²) in [5, 5.41) is 9.67. The van der Waals surface area contributed by atoms with Gasteiger partial charge in [-0.05, 0) is 92.3 Å². The summed E-state index contributed by atoms with van der Waals surface area (Å²) in [6.07, 6.45) is 12.1.